The lowest BCUT2D eigenvalue weighted by atomic mass is 10.1. The Morgan fingerprint density at radius 3 is 2.74 bits per heavy atom. The van der Waals surface area contributed by atoms with Crippen LogP contribution in [0.1, 0.15) is 29.8 Å². The van der Waals surface area contributed by atoms with Gasteiger partial charge in [0.05, 0.1) is 11.9 Å². The molecule has 35 heavy (non-hydrogen) atoms. The van der Waals surface area contributed by atoms with Crippen molar-refractivity contribution in [2.24, 2.45) is 5.73 Å². The molecule has 0 unspecified atom stereocenters. The third-order valence-corrected chi connectivity index (χ3v) is 7.19. The van der Waals surface area contributed by atoms with Crippen LogP contribution in [-0.2, 0) is 29.4 Å². The molecule has 0 aliphatic carbocycles. The minimum Gasteiger partial charge on any atom is -0.361 e. The van der Waals surface area contributed by atoms with E-state index in [4.69, 9.17) is 10.7 Å². The molecule has 0 bridgehead atoms. The number of benzene rings is 2. The van der Waals surface area contributed by atoms with Crippen molar-refractivity contribution in [3.05, 3.63) is 83.7 Å². The lowest BCUT2D eigenvalue weighted by Crippen LogP contribution is -2.31. The van der Waals surface area contributed by atoms with Crippen molar-refractivity contribution in [2.75, 3.05) is 19.3 Å². The number of nitrogens with zero attached hydrogens (tertiary/aromatic N) is 3. The third-order valence-electron chi connectivity index (χ3n) is 5.94. The summed E-state index contributed by atoms with van der Waals surface area (Å²) in [5.74, 6) is 0.499. The molecule has 184 valence electrons. The van der Waals surface area contributed by atoms with E-state index in [-0.39, 0.29) is 5.82 Å². The van der Waals surface area contributed by atoms with E-state index in [1.807, 2.05) is 42.6 Å². The average Bonchev–Trinajstić information content (AvgIpc) is 3.23. The van der Waals surface area contributed by atoms with Gasteiger partial charge in [-0.1, -0.05) is 18.2 Å². The maximum atomic E-state index is 13.4. The van der Waals surface area contributed by atoms with Gasteiger partial charge >= 0.3 is 0 Å². The van der Waals surface area contributed by atoms with Gasteiger partial charge in [-0.05, 0) is 67.3 Å². The number of aromatic amines is 1. The third kappa shape index (κ3) is 6.50. The lowest BCUT2D eigenvalue weighted by Gasteiger charge is -2.20. The predicted molar refractivity (Wildman–Crippen MR) is 137 cm³/mol. The van der Waals surface area contributed by atoms with E-state index < -0.39 is 10.0 Å². The molecule has 0 amide bonds. The summed E-state index contributed by atoms with van der Waals surface area (Å²) in [5.41, 5.74) is 10.1. The highest BCUT2D eigenvalue weighted by atomic mass is 32.2. The number of aryl methyl sites for hydroxylation is 2. The first-order chi connectivity index (χ1) is 16.8. The molecule has 2 aromatic heterocycles. The van der Waals surface area contributed by atoms with Crippen LogP contribution in [0.5, 0.6) is 0 Å². The highest BCUT2D eigenvalue weighted by Crippen LogP contribution is 2.22. The molecule has 3 N–H and O–H groups in total. The van der Waals surface area contributed by atoms with Crippen LogP contribution >= 0.6 is 0 Å². The molecule has 4 rings (SSSR count). The van der Waals surface area contributed by atoms with Gasteiger partial charge in [-0.25, -0.2) is 22.8 Å². The first kappa shape index (κ1) is 25.0. The van der Waals surface area contributed by atoms with E-state index in [9.17, 15) is 12.8 Å². The number of aromatic nitrogens is 3. The average molecular weight is 496 g/mol. The van der Waals surface area contributed by atoms with E-state index in [0.717, 1.165) is 52.0 Å². The van der Waals surface area contributed by atoms with Crippen LogP contribution in [-0.4, -0.2) is 47.0 Å². The summed E-state index contributed by atoms with van der Waals surface area (Å²) in [6.45, 7) is 1.12. The van der Waals surface area contributed by atoms with E-state index in [1.165, 1.54) is 22.7 Å². The van der Waals surface area contributed by atoms with Gasteiger partial charge in [0.2, 0.25) is 10.0 Å². The van der Waals surface area contributed by atoms with Crippen molar-refractivity contribution in [2.45, 2.75) is 32.2 Å². The van der Waals surface area contributed by atoms with Crippen LogP contribution in [0.15, 0.2) is 60.9 Å². The zero-order valence-corrected chi connectivity index (χ0v) is 20.6. The first-order valence-corrected chi connectivity index (χ1v) is 13.5. The standard InChI is InChI=1S/C26H30FN5O2S/c1-35(33,34)32(14-4-12-28)18-19-5-2-6-20(15-19)24-11-13-29-26(31-24)8-3-7-21-17-30-25-16-22(27)9-10-23(21)25/h2,5-6,9-11,13,15-17,30H,3-4,7-8,12,14,18,28H2,1H3. The van der Waals surface area contributed by atoms with Crippen molar-refractivity contribution >= 4 is 20.9 Å². The molecule has 0 saturated heterocycles. The monoisotopic (exact) mass is 495 g/mol. The number of hydrogen-bond acceptors (Lipinski definition) is 5. The minimum atomic E-state index is -3.33. The van der Waals surface area contributed by atoms with Crippen molar-refractivity contribution < 1.29 is 12.8 Å². The zero-order valence-electron chi connectivity index (χ0n) is 19.7. The summed E-state index contributed by atoms with van der Waals surface area (Å²) in [6, 6.07) is 14.4. The summed E-state index contributed by atoms with van der Waals surface area (Å²) in [6.07, 6.45) is 7.92. The van der Waals surface area contributed by atoms with Crippen molar-refractivity contribution in [1.82, 2.24) is 19.3 Å². The number of nitrogens with two attached hydrogens (primary N) is 1. The largest absolute Gasteiger partial charge is 0.361 e. The summed E-state index contributed by atoms with van der Waals surface area (Å²) < 4.78 is 39.2. The van der Waals surface area contributed by atoms with Crippen LogP contribution in [0.2, 0.25) is 0 Å². The second kappa shape index (κ2) is 11.1. The molecule has 2 aromatic carbocycles. The Morgan fingerprint density at radius 1 is 1.09 bits per heavy atom. The Hall–Kier alpha value is -3.14. The smallest absolute Gasteiger partial charge is 0.211 e. The van der Waals surface area contributed by atoms with Crippen LogP contribution < -0.4 is 5.73 Å². The molecule has 0 spiro atoms. The molecule has 0 fully saturated rings. The number of fused-ring (bicyclic) bond motifs is 1. The van der Waals surface area contributed by atoms with Gasteiger partial charge < -0.3 is 10.7 Å². The molecule has 9 heteroatoms. The number of rotatable bonds is 11. The summed E-state index contributed by atoms with van der Waals surface area (Å²) in [7, 11) is -3.33. The molecule has 0 radical (unpaired) electrons. The normalized spacial score (nSPS) is 12.0. The maximum Gasteiger partial charge on any atom is 0.211 e. The molecule has 0 saturated carbocycles. The zero-order chi connectivity index (χ0) is 24.8. The molecular weight excluding hydrogens is 465 g/mol. The van der Waals surface area contributed by atoms with Gasteiger partial charge in [-0.15, -0.1) is 0 Å². The highest BCUT2D eigenvalue weighted by molar-refractivity contribution is 7.88. The van der Waals surface area contributed by atoms with E-state index in [2.05, 4.69) is 9.97 Å². The molecule has 0 aliphatic heterocycles. The highest BCUT2D eigenvalue weighted by Gasteiger charge is 2.17. The maximum absolute atomic E-state index is 13.4. The van der Waals surface area contributed by atoms with Gasteiger partial charge in [-0.3, -0.25) is 0 Å². The Morgan fingerprint density at radius 2 is 1.94 bits per heavy atom. The molecule has 2 heterocycles. The number of sulfonamides is 1. The van der Waals surface area contributed by atoms with Gasteiger partial charge in [0, 0.05) is 48.4 Å². The Balaban J connectivity index is 1.43. The summed E-state index contributed by atoms with van der Waals surface area (Å²) >= 11 is 0. The molecule has 0 atom stereocenters. The van der Waals surface area contributed by atoms with Crippen molar-refractivity contribution in [3.63, 3.8) is 0 Å². The van der Waals surface area contributed by atoms with Crippen LogP contribution in [0.3, 0.4) is 0 Å². The van der Waals surface area contributed by atoms with E-state index in [1.54, 1.807) is 6.20 Å². The minimum absolute atomic E-state index is 0.250. The number of nitrogens with one attached hydrogen (secondary N) is 1. The van der Waals surface area contributed by atoms with Gasteiger partial charge in [-0.2, -0.15) is 4.31 Å². The topological polar surface area (TPSA) is 105 Å². The molecule has 0 aliphatic rings. The first-order valence-electron chi connectivity index (χ1n) is 11.7. The summed E-state index contributed by atoms with van der Waals surface area (Å²) in [4.78, 5) is 12.3. The van der Waals surface area contributed by atoms with Crippen LogP contribution in [0.4, 0.5) is 4.39 Å². The number of halogens is 1. The van der Waals surface area contributed by atoms with E-state index >= 15 is 0 Å². The Bertz CT molecular complexity index is 1400. The van der Waals surface area contributed by atoms with Crippen molar-refractivity contribution in [1.29, 1.82) is 0 Å². The molecule has 7 nitrogen and oxygen atoms in total. The fraction of sp³-hybridized carbons (Fsp3) is 0.308. The molecule has 4 aromatic rings. The van der Waals surface area contributed by atoms with Gasteiger partial charge in [0.1, 0.15) is 11.6 Å². The molecular formula is C26H30FN5O2S. The lowest BCUT2D eigenvalue weighted by molar-refractivity contribution is 0.405. The Labute approximate surface area is 205 Å². The number of hydrogen-bond donors (Lipinski definition) is 2. The van der Waals surface area contributed by atoms with E-state index in [0.29, 0.717) is 32.5 Å². The fourth-order valence-corrected chi connectivity index (χ4v) is 4.99. The van der Waals surface area contributed by atoms with Crippen molar-refractivity contribution in [3.8, 4) is 11.3 Å². The van der Waals surface area contributed by atoms with Gasteiger partial charge in [0.25, 0.3) is 0 Å². The number of H-pyrrole nitrogens is 1. The van der Waals surface area contributed by atoms with Crippen LogP contribution in [0, 0.1) is 5.82 Å². The SMILES string of the molecule is CS(=O)(=O)N(CCCN)Cc1cccc(-c2ccnc(CCCc3c[nH]c4cc(F)ccc34)n2)c1. The fourth-order valence-electron chi connectivity index (χ4n) is 4.15. The summed E-state index contributed by atoms with van der Waals surface area (Å²) in [5, 5.41) is 1.03. The second-order valence-corrected chi connectivity index (χ2v) is 10.6. The van der Waals surface area contributed by atoms with Crippen LogP contribution in [0.25, 0.3) is 22.2 Å². The van der Waals surface area contributed by atoms with Gasteiger partial charge in [0.15, 0.2) is 0 Å². The Kier molecular flexibility index (Phi) is 7.90. The second-order valence-electron chi connectivity index (χ2n) is 8.65. The predicted octanol–water partition coefficient (Wildman–Crippen LogP) is 4.05. The quantitative estimate of drug-likeness (QED) is 0.327.